The summed E-state index contributed by atoms with van der Waals surface area (Å²) in [5.41, 5.74) is 3.51. The van der Waals surface area contributed by atoms with Crippen molar-refractivity contribution < 1.29 is 14.7 Å². The van der Waals surface area contributed by atoms with Gasteiger partial charge in [0.25, 0.3) is 0 Å². The number of nitrogens with zero attached hydrogens (tertiary/aromatic N) is 4. The standard InChI is InChI=1S/C23H24N4O3/c1-17-15-25(13-14-26(17)23(30)27-12-11-21(24-27)22(28)29)16-18-7-9-20(10-8-18)19-5-3-2-4-6-19/h2-12,17H,13-16H2,1H3,(H,28,29). The van der Waals surface area contributed by atoms with Gasteiger partial charge in [-0.25, -0.2) is 9.59 Å². The first kappa shape index (κ1) is 19.8. The van der Waals surface area contributed by atoms with Gasteiger partial charge in [-0.3, -0.25) is 4.90 Å². The zero-order chi connectivity index (χ0) is 21.1. The van der Waals surface area contributed by atoms with Gasteiger partial charge in [0.05, 0.1) is 0 Å². The van der Waals surface area contributed by atoms with E-state index < -0.39 is 5.97 Å². The normalized spacial score (nSPS) is 17.1. The van der Waals surface area contributed by atoms with Crippen LogP contribution in [0.5, 0.6) is 0 Å². The van der Waals surface area contributed by atoms with Crippen molar-refractivity contribution in [3.63, 3.8) is 0 Å². The molecule has 1 aliphatic heterocycles. The van der Waals surface area contributed by atoms with Crippen LogP contribution in [0.25, 0.3) is 11.1 Å². The van der Waals surface area contributed by atoms with Crippen molar-refractivity contribution in [2.24, 2.45) is 0 Å². The van der Waals surface area contributed by atoms with Crippen LogP contribution in [0.1, 0.15) is 23.0 Å². The lowest BCUT2D eigenvalue weighted by atomic mass is 10.0. The third-order valence-electron chi connectivity index (χ3n) is 5.43. The molecule has 0 saturated carbocycles. The van der Waals surface area contributed by atoms with Crippen LogP contribution in [0.2, 0.25) is 0 Å². The summed E-state index contributed by atoms with van der Waals surface area (Å²) in [4.78, 5) is 27.8. The molecule has 1 aromatic heterocycles. The first-order valence-corrected chi connectivity index (χ1v) is 9.98. The lowest BCUT2D eigenvalue weighted by molar-refractivity contribution is 0.0689. The summed E-state index contributed by atoms with van der Waals surface area (Å²) in [5.74, 6) is -1.14. The van der Waals surface area contributed by atoms with E-state index in [-0.39, 0.29) is 17.8 Å². The molecule has 30 heavy (non-hydrogen) atoms. The lowest BCUT2D eigenvalue weighted by Crippen LogP contribution is -2.54. The van der Waals surface area contributed by atoms with Gasteiger partial charge in [-0.1, -0.05) is 54.6 Å². The minimum absolute atomic E-state index is 0.00678. The monoisotopic (exact) mass is 404 g/mol. The molecule has 4 rings (SSSR count). The van der Waals surface area contributed by atoms with E-state index in [0.717, 1.165) is 24.3 Å². The Labute approximate surface area is 175 Å². The maximum absolute atomic E-state index is 12.7. The smallest absolute Gasteiger partial charge is 0.356 e. The van der Waals surface area contributed by atoms with Gasteiger partial charge in [0.15, 0.2) is 5.69 Å². The molecule has 1 unspecified atom stereocenters. The van der Waals surface area contributed by atoms with Crippen LogP contribution in [-0.2, 0) is 6.54 Å². The minimum Gasteiger partial charge on any atom is -0.476 e. The van der Waals surface area contributed by atoms with Crippen LogP contribution >= 0.6 is 0 Å². The van der Waals surface area contributed by atoms with Crippen molar-refractivity contribution >= 4 is 12.0 Å². The SMILES string of the molecule is CC1CN(Cc2ccc(-c3ccccc3)cc2)CCN1C(=O)n1ccc(C(=O)O)n1. The molecule has 1 saturated heterocycles. The molecule has 3 aromatic rings. The van der Waals surface area contributed by atoms with Crippen LogP contribution in [0.15, 0.2) is 66.9 Å². The van der Waals surface area contributed by atoms with Crippen LogP contribution < -0.4 is 0 Å². The topological polar surface area (TPSA) is 78.7 Å². The van der Waals surface area contributed by atoms with Gasteiger partial charge >= 0.3 is 12.0 Å². The second-order valence-electron chi connectivity index (χ2n) is 7.57. The predicted molar refractivity (Wildman–Crippen MR) is 113 cm³/mol. The number of carboxylic acid groups (broad SMARTS) is 1. The fourth-order valence-electron chi connectivity index (χ4n) is 3.83. The Morgan fingerprint density at radius 1 is 1.00 bits per heavy atom. The summed E-state index contributed by atoms with van der Waals surface area (Å²) in [6, 6.07) is 19.9. The Balaban J connectivity index is 1.36. The van der Waals surface area contributed by atoms with Gasteiger partial charge in [-0.15, -0.1) is 0 Å². The zero-order valence-corrected chi connectivity index (χ0v) is 16.8. The van der Waals surface area contributed by atoms with Gasteiger partial charge < -0.3 is 10.0 Å². The molecule has 0 spiro atoms. The quantitative estimate of drug-likeness (QED) is 0.721. The highest BCUT2D eigenvalue weighted by atomic mass is 16.4. The fourth-order valence-corrected chi connectivity index (χ4v) is 3.83. The maximum Gasteiger partial charge on any atom is 0.356 e. The molecule has 2 aromatic carbocycles. The van der Waals surface area contributed by atoms with Crippen LogP contribution in [0, 0.1) is 0 Å². The minimum atomic E-state index is -1.14. The highest BCUT2D eigenvalue weighted by Crippen LogP contribution is 2.21. The largest absolute Gasteiger partial charge is 0.476 e. The highest BCUT2D eigenvalue weighted by Gasteiger charge is 2.29. The zero-order valence-electron chi connectivity index (χ0n) is 16.8. The first-order chi connectivity index (χ1) is 14.5. The van der Waals surface area contributed by atoms with Gasteiger partial charge in [-0.05, 0) is 29.7 Å². The molecule has 1 amide bonds. The van der Waals surface area contributed by atoms with E-state index in [1.807, 2.05) is 25.1 Å². The number of carboxylic acids is 1. The number of rotatable bonds is 4. The molecule has 7 heteroatoms. The average molecular weight is 404 g/mol. The van der Waals surface area contributed by atoms with E-state index in [2.05, 4.69) is 46.4 Å². The van der Waals surface area contributed by atoms with E-state index in [1.165, 1.54) is 29.0 Å². The van der Waals surface area contributed by atoms with Gasteiger partial charge in [0.2, 0.25) is 0 Å². The number of carbonyl (C=O) groups excluding carboxylic acids is 1. The number of aromatic carboxylic acids is 1. The van der Waals surface area contributed by atoms with Gasteiger partial charge in [0, 0.05) is 38.4 Å². The molecule has 0 bridgehead atoms. The number of amides is 1. The maximum atomic E-state index is 12.7. The van der Waals surface area contributed by atoms with Crippen molar-refractivity contribution in [2.75, 3.05) is 19.6 Å². The number of aromatic nitrogens is 2. The molecule has 7 nitrogen and oxygen atoms in total. The first-order valence-electron chi connectivity index (χ1n) is 9.98. The molecular formula is C23H24N4O3. The molecule has 1 N–H and O–H groups in total. The molecule has 154 valence electrons. The summed E-state index contributed by atoms with van der Waals surface area (Å²) in [7, 11) is 0. The average Bonchev–Trinajstić information content (AvgIpc) is 3.25. The molecule has 1 fully saturated rings. The van der Waals surface area contributed by atoms with Crippen LogP contribution in [0.4, 0.5) is 4.79 Å². The Hall–Kier alpha value is -3.45. The van der Waals surface area contributed by atoms with E-state index in [9.17, 15) is 9.59 Å². The molecule has 1 aliphatic rings. The van der Waals surface area contributed by atoms with E-state index in [0.29, 0.717) is 6.54 Å². The summed E-state index contributed by atoms with van der Waals surface area (Å²) in [6.45, 7) is 4.91. The molecule has 1 atom stereocenters. The van der Waals surface area contributed by atoms with Gasteiger partial charge in [0.1, 0.15) is 0 Å². The summed E-state index contributed by atoms with van der Waals surface area (Å²) >= 11 is 0. The van der Waals surface area contributed by atoms with E-state index in [1.54, 1.807) is 4.90 Å². The second kappa shape index (κ2) is 8.51. The molecule has 2 heterocycles. The number of carbonyl (C=O) groups is 2. The second-order valence-corrected chi connectivity index (χ2v) is 7.57. The Morgan fingerprint density at radius 2 is 1.70 bits per heavy atom. The molecular weight excluding hydrogens is 380 g/mol. The number of hydrogen-bond donors (Lipinski definition) is 1. The van der Waals surface area contributed by atoms with Crippen molar-refractivity contribution in [3.05, 3.63) is 78.1 Å². The summed E-state index contributed by atoms with van der Waals surface area (Å²) in [6.07, 6.45) is 1.40. The van der Waals surface area contributed by atoms with Crippen molar-refractivity contribution in [2.45, 2.75) is 19.5 Å². The number of piperazine rings is 1. The predicted octanol–water partition coefficient (Wildman–Crippen LogP) is 3.42. The third-order valence-corrected chi connectivity index (χ3v) is 5.43. The Bertz CT molecular complexity index is 1030. The van der Waals surface area contributed by atoms with Crippen molar-refractivity contribution in [1.82, 2.24) is 19.6 Å². The van der Waals surface area contributed by atoms with Crippen LogP contribution in [0.3, 0.4) is 0 Å². The Kier molecular flexibility index (Phi) is 5.63. The van der Waals surface area contributed by atoms with Crippen molar-refractivity contribution in [1.29, 1.82) is 0 Å². The van der Waals surface area contributed by atoms with E-state index >= 15 is 0 Å². The highest BCUT2D eigenvalue weighted by molar-refractivity contribution is 5.86. The molecule has 0 aliphatic carbocycles. The fraction of sp³-hybridized carbons (Fsp3) is 0.261. The van der Waals surface area contributed by atoms with Crippen molar-refractivity contribution in [3.8, 4) is 11.1 Å². The van der Waals surface area contributed by atoms with Crippen LogP contribution in [-0.4, -0.2) is 62.4 Å². The Morgan fingerprint density at radius 3 is 2.33 bits per heavy atom. The summed E-state index contributed by atoms with van der Waals surface area (Å²) in [5, 5.41) is 12.8. The van der Waals surface area contributed by atoms with E-state index in [4.69, 9.17) is 5.11 Å². The molecule has 0 radical (unpaired) electrons. The number of hydrogen-bond acceptors (Lipinski definition) is 4. The van der Waals surface area contributed by atoms with Gasteiger partial charge in [-0.2, -0.15) is 9.78 Å². The lowest BCUT2D eigenvalue weighted by Gasteiger charge is -2.39. The third kappa shape index (κ3) is 4.26. The summed E-state index contributed by atoms with van der Waals surface area (Å²) < 4.78 is 1.11. The number of benzene rings is 2.